The van der Waals surface area contributed by atoms with E-state index in [1.54, 1.807) is 12.1 Å². The van der Waals surface area contributed by atoms with Crippen molar-refractivity contribution in [2.24, 2.45) is 0 Å². The van der Waals surface area contributed by atoms with Gasteiger partial charge in [-0.3, -0.25) is 4.79 Å². The molecule has 1 fully saturated rings. The monoisotopic (exact) mass is 276 g/mol. The van der Waals surface area contributed by atoms with Crippen LogP contribution in [-0.2, 0) is 0 Å². The van der Waals surface area contributed by atoms with Crippen LogP contribution in [0, 0.1) is 12.3 Å². The van der Waals surface area contributed by atoms with Crippen molar-refractivity contribution in [3.05, 3.63) is 23.9 Å². The quantitative estimate of drug-likeness (QED) is 0.657. The minimum atomic E-state index is -0.161. The zero-order valence-corrected chi connectivity index (χ0v) is 11.4. The Bertz CT molecular complexity index is 461. The van der Waals surface area contributed by atoms with Crippen molar-refractivity contribution in [2.75, 3.05) is 18.1 Å². The van der Waals surface area contributed by atoms with Crippen molar-refractivity contribution < 1.29 is 9.53 Å². The molecule has 1 aromatic heterocycles. The van der Waals surface area contributed by atoms with Crippen molar-refractivity contribution in [1.29, 1.82) is 0 Å². The number of pyridine rings is 1. The molecule has 1 aliphatic rings. The summed E-state index contributed by atoms with van der Waals surface area (Å²) in [5.74, 6) is 5.04. The first-order chi connectivity index (χ1) is 9.29. The molecule has 1 saturated heterocycles. The lowest BCUT2D eigenvalue weighted by atomic mass is 10.2. The smallest absolute Gasteiger partial charge is 0.252 e. The molecule has 0 spiro atoms. The van der Waals surface area contributed by atoms with Gasteiger partial charge in [-0.05, 0) is 18.2 Å². The van der Waals surface area contributed by atoms with E-state index in [9.17, 15) is 4.79 Å². The van der Waals surface area contributed by atoms with Crippen molar-refractivity contribution in [3.63, 3.8) is 0 Å². The molecule has 0 unspecified atom stereocenters. The molecule has 5 heteroatoms. The van der Waals surface area contributed by atoms with Crippen LogP contribution in [0.25, 0.3) is 0 Å². The summed E-state index contributed by atoms with van der Waals surface area (Å²) >= 11 is 1.89. The number of aromatic nitrogens is 1. The topological polar surface area (TPSA) is 51.2 Å². The van der Waals surface area contributed by atoms with Crippen molar-refractivity contribution in [2.45, 2.75) is 18.9 Å². The molecule has 4 nitrogen and oxygen atoms in total. The Morgan fingerprint density at radius 1 is 1.63 bits per heavy atom. The molecular weight excluding hydrogens is 260 g/mol. The van der Waals surface area contributed by atoms with Crippen molar-refractivity contribution in [3.8, 4) is 18.2 Å². The number of carbonyl (C=O) groups is 1. The molecule has 1 aliphatic heterocycles. The standard InChI is InChI=1S/C14H16N2O2S/c1-2-3-7-15-14(17)11-4-5-13(16-9-11)18-12-6-8-19-10-12/h1,4-5,9,12H,3,6-8,10H2,(H,15,17)/t12-/m0/s1. The van der Waals surface area contributed by atoms with Gasteiger partial charge in [-0.25, -0.2) is 4.98 Å². The fourth-order valence-electron chi connectivity index (χ4n) is 1.71. The molecule has 0 radical (unpaired) electrons. The van der Waals surface area contributed by atoms with Crippen molar-refractivity contribution in [1.82, 2.24) is 10.3 Å². The van der Waals surface area contributed by atoms with Gasteiger partial charge in [-0.2, -0.15) is 11.8 Å². The van der Waals surface area contributed by atoms with Crippen LogP contribution in [0.15, 0.2) is 18.3 Å². The normalized spacial score (nSPS) is 17.7. The Morgan fingerprint density at radius 3 is 3.16 bits per heavy atom. The van der Waals surface area contributed by atoms with Crippen LogP contribution in [0.1, 0.15) is 23.2 Å². The minimum Gasteiger partial charge on any atom is -0.473 e. The zero-order valence-electron chi connectivity index (χ0n) is 10.6. The van der Waals surface area contributed by atoms with E-state index in [1.165, 1.54) is 6.20 Å². The number of hydrogen-bond acceptors (Lipinski definition) is 4. The molecule has 0 saturated carbocycles. The van der Waals surface area contributed by atoms with Crippen LogP contribution in [0.2, 0.25) is 0 Å². The SMILES string of the molecule is C#CCCNC(=O)c1ccc(O[C@H]2CCSC2)nc1. The van der Waals surface area contributed by atoms with Gasteiger partial charge < -0.3 is 10.1 Å². The number of carbonyl (C=O) groups excluding carboxylic acids is 1. The summed E-state index contributed by atoms with van der Waals surface area (Å²) in [7, 11) is 0. The molecule has 1 N–H and O–H groups in total. The predicted octanol–water partition coefficient (Wildman–Crippen LogP) is 1.72. The maximum atomic E-state index is 11.7. The Balaban J connectivity index is 1.86. The fraction of sp³-hybridized carbons (Fsp3) is 0.429. The number of terminal acetylenes is 1. The van der Waals surface area contributed by atoms with Crippen LogP contribution in [0.4, 0.5) is 0 Å². The van der Waals surface area contributed by atoms with Crippen LogP contribution in [-0.4, -0.2) is 35.0 Å². The predicted molar refractivity (Wildman–Crippen MR) is 76.4 cm³/mol. The summed E-state index contributed by atoms with van der Waals surface area (Å²) in [6, 6.07) is 3.45. The maximum absolute atomic E-state index is 11.7. The van der Waals surface area contributed by atoms with E-state index in [0.717, 1.165) is 17.9 Å². The molecule has 1 amide bonds. The van der Waals surface area contributed by atoms with Gasteiger partial charge in [-0.15, -0.1) is 12.3 Å². The number of amides is 1. The highest BCUT2D eigenvalue weighted by Crippen LogP contribution is 2.21. The number of thioether (sulfide) groups is 1. The second-order valence-electron chi connectivity index (χ2n) is 4.20. The summed E-state index contributed by atoms with van der Waals surface area (Å²) in [5.41, 5.74) is 0.519. The third kappa shape index (κ3) is 4.18. The number of nitrogens with zero attached hydrogens (tertiary/aromatic N) is 1. The lowest BCUT2D eigenvalue weighted by Crippen LogP contribution is -2.24. The van der Waals surface area contributed by atoms with E-state index < -0.39 is 0 Å². The van der Waals surface area contributed by atoms with Gasteiger partial charge in [0.25, 0.3) is 5.91 Å². The Hall–Kier alpha value is -1.67. The zero-order chi connectivity index (χ0) is 13.5. The van der Waals surface area contributed by atoms with Crippen molar-refractivity contribution >= 4 is 17.7 Å². The number of nitrogens with one attached hydrogen (secondary N) is 1. The third-order valence-corrected chi connectivity index (χ3v) is 3.86. The molecule has 1 atom stereocenters. The van der Waals surface area contributed by atoms with Crippen LogP contribution >= 0.6 is 11.8 Å². The molecule has 19 heavy (non-hydrogen) atoms. The largest absolute Gasteiger partial charge is 0.473 e. The van der Waals surface area contributed by atoms with Gasteiger partial charge in [0.05, 0.1) is 5.56 Å². The average Bonchev–Trinajstić information content (AvgIpc) is 2.93. The van der Waals surface area contributed by atoms with E-state index in [0.29, 0.717) is 24.4 Å². The number of ether oxygens (including phenoxy) is 1. The molecule has 1 aromatic rings. The fourth-order valence-corrected chi connectivity index (χ4v) is 2.81. The molecular formula is C14H16N2O2S. The summed E-state index contributed by atoms with van der Waals surface area (Å²) in [4.78, 5) is 15.9. The second-order valence-corrected chi connectivity index (χ2v) is 5.35. The highest BCUT2D eigenvalue weighted by molar-refractivity contribution is 7.99. The lowest BCUT2D eigenvalue weighted by Gasteiger charge is -2.11. The van der Waals surface area contributed by atoms with E-state index in [2.05, 4.69) is 16.2 Å². The van der Waals surface area contributed by atoms with E-state index in [-0.39, 0.29) is 12.0 Å². The summed E-state index contributed by atoms with van der Waals surface area (Å²) in [6.07, 6.45) is 8.48. The minimum absolute atomic E-state index is 0.161. The Morgan fingerprint density at radius 2 is 2.53 bits per heavy atom. The molecule has 2 rings (SSSR count). The van der Waals surface area contributed by atoms with Gasteiger partial charge in [0.15, 0.2) is 0 Å². The first-order valence-electron chi connectivity index (χ1n) is 6.21. The highest BCUT2D eigenvalue weighted by Gasteiger charge is 2.17. The summed E-state index contributed by atoms with van der Waals surface area (Å²) < 4.78 is 5.72. The second kappa shape index (κ2) is 7.05. The summed E-state index contributed by atoms with van der Waals surface area (Å²) in [6.45, 7) is 0.479. The number of hydrogen-bond donors (Lipinski definition) is 1. The van der Waals surface area contributed by atoms with Gasteiger partial charge >= 0.3 is 0 Å². The van der Waals surface area contributed by atoms with Gasteiger partial charge in [0, 0.05) is 31.0 Å². The molecule has 0 aliphatic carbocycles. The molecule has 0 bridgehead atoms. The average molecular weight is 276 g/mol. The first kappa shape index (κ1) is 13.8. The van der Waals surface area contributed by atoms with E-state index >= 15 is 0 Å². The summed E-state index contributed by atoms with van der Waals surface area (Å²) in [5, 5.41) is 2.73. The lowest BCUT2D eigenvalue weighted by molar-refractivity contribution is 0.0954. The molecule has 2 heterocycles. The Labute approximate surface area is 117 Å². The van der Waals surface area contributed by atoms with Gasteiger partial charge in [-0.1, -0.05) is 0 Å². The molecule has 0 aromatic carbocycles. The van der Waals surface area contributed by atoms with E-state index in [4.69, 9.17) is 11.2 Å². The van der Waals surface area contributed by atoms with Crippen LogP contribution < -0.4 is 10.1 Å². The van der Waals surface area contributed by atoms with Crippen LogP contribution in [0.5, 0.6) is 5.88 Å². The van der Waals surface area contributed by atoms with Gasteiger partial charge in [0.1, 0.15) is 6.10 Å². The van der Waals surface area contributed by atoms with Gasteiger partial charge in [0.2, 0.25) is 5.88 Å². The van der Waals surface area contributed by atoms with E-state index in [1.807, 2.05) is 11.8 Å². The third-order valence-electron chi connectivity index (χ3n) is 2.73. The number of rotatable bonds is 5. The first-order valence-corrected chi connectivity index (χ1v) is 7.37. The molecule has 100 valence electrons. The van der Waals surface area contributed by atoms with Crippen LogP contribution in [0.3, 0.4) is 0 Å². The maximum Gasteiger partial charge on any atom is 0.252 e. The Kier molecular flexibility index (Phi) is 5.10. The highest BCUT2D eigenvalue weighted by atomic mass is 32.2.